The quantitative estimate of drug-likeness (QED) is 0.474. The molecule has 0 aliphatic carbocycles. The number of nitrogens with one attached hydrogen (secondary N) is 1. The number of hydrogen-bond donors (Lipinski definition) is 2. The lowest BCUT2D eigenvalue weighted by Gasteiger charge is -2.16. The lowest BCUT2D eigenvalue weighted by molar-refractivity contribution is -0.384. The highest BCUT2D eigenvalue weighted by molar-refractivity contribution is 5.99. The molecule has 1 aromatic carbocycles. The van der Waals surface area contributed by atoms with E-state index in [1.165, 1.54) is 23.2 Å². The van der Waals surface area contributed by atoms with Gasteiger partial charge in [0.15, 0.2) is 0 Å². The van der Waals surface area contributed by atoms with Crippen molar-refractivity contribution in [1.82, 2.24) is 10.4 Å². The Labute approximate surface area is 109 Å². The van der Waals surface area contributed by atoms with Crippen LogP contribution in [0.25, 0.3) is 0 Å². The molecule has 0 bridgehead atoms. The molecule has 3 N–H and O–H groups in total. The van der Waals surface area contributed by atoms with E-state index in [0.29, 0.717) is 6.54 Å². The third kappa shape index (κ3) is 2.69. The van der Waals surface area contributed by atoms with Crippen molar-refractivity contribution in [3.05, 3.63) is 33.9 Å². The highest BCUT2D eigenvalue weighted by Gasteiger charge is 2.23. The first-order chi connectivity index (χ1) is 8.09. The number of carbonyl (C=O) groups is 1. The Morgan fingerprint density at radius 1 is 1.50 bits per heavy atom. The summed E-state index contributed by atoms with van der Waals surface area (Å²) in [7, 11) is 0. The van der Waals surface area contributed by atoms with Crippen molar-refractivity contribution in [2.75, 3.05) is 18.8 Å². The number of carbonyl (C=O) groups excluding carboxylic acids is 1. The van der Waals surface area contributed by atoms with Crippen molar-refractivity contribution < 1.29 is 9.72 Å². The minimum absolute atomic E-state index is 0. The van der Waals surface area contributed by atoms with Crippen molar-refractivity contribution in [2.45, 2.75) is 6.42 Å². The third-order valence-electron chi connectivity index (χ3n) is 2.58. The van der Waals surface area contributed by atoms with Gasteiger partial charge in [0.2, 0.25) is 0 Å². The number of halogens is 1. The van der Waals surface area contributed by atoms with Gasteiger partial charge in [0.1, 0.15) is 0 Å². The molecule has 98 valence electrons. The van der Waals surface area contributed by atoms with E-state index < -0.39 is 4.92 Å². The minimum Gasteiger partial charge on any atom is -0.398 e. The standard InChI is InChI=1S/C10H12N4O3.ClH/c11-9-3-2-7(14(16)17)6-8(9)10(15)13-5-1-4-12-13;/h2-3,6,12H,1,4-5,11H2;1H. The van der Waals surface area contributed by atoms with Gasteiger partial charge in [0.25, 0.3) is 11.6 Å². The first kappa shape index (κ1) is 14.2. The van der Waals surface area contributed by atoms with Crippen LogP contribution in [-0.4, -0.2) is 28.9 Å². The minimum atomic E-state index is -0.548. The molecule has 1 saturated heterocycles. The van der Waals surface area contributed by atoms with E-state index in [2.05, 4.69) is 5.43 Å². The van der Waals surface area contributed by atoms with E-state index in [-0.39, 0.29) is 35.3 Å². The number of rotatable bonds is 2. The molecule has 7 nitrogen and oxygen atoms in total. The van der Waals surface area contributed by atoms with Crippen LogP contribution in [0.5, 0.6) is 0 Å². The molecular weight excluding hydrogens is 260 g/mol. The van der Waals surface area contributed by atoms with E-state index in [1.807, 2.05) is 0 Å². The Morgan fingerprint density at radius 3 is 2.78 bits per heavy atom. The van der Waals surface area contributed by atoms with Crippen molar-refractivity contribution in [3.8, 4) is 0 Å². The summed E-state index contributed by atoms with van der Waals surface area (Å²) in [5, 5.41) is 12.1. The second kappa shape index (κ2) is 5.65. The maximum atomic E-state index is 12.0. The summed E-state index contributed by atoms with van der Waals surface area (Å²) in [6.45, 7) is 1.31. The average Bonchev–Trinajstić information content (AvgIpc) is 2.81. The van der Waals surface area contributed by atoms with Gasteiger partial charge in [-0.25, -0.2) is 5.43 Å². The largest absolute Gasteiger partial charge is 0.398 e. The zero-order chi connectivity index (χ0) is 12.4. The van der Waals surface area contributed by atoms with Crippen LogP contribution in [0.4, 0.5) is 11.4 Å². The Morgan fingerprint density at radius 2 is 2.22 bits per heavy atom. The third-order valence-corrected chi connectivity index (χ3v) is 2.58. The van der Waals surface area contributed by atoms with Crippen LogP contribution >= 0.6 is 12.4 Å². The Balaban J connectivity index is 0.00000162. The van der Waals surface area contributed by atoms with Gasteiger partial charge in [-0.3, -0.25) is 19.9 Å². The van der Waals surface area contributed by atoms with Crippen LogP contribution in [0.3, 0.4) is 0 Å². The van der Waals surface area contributed by atoms with E-state index in [0.717, 1.165) is 13.0 Å². The van der Waals surface area contributed by atoms with E-state index >= 15 is 0 Å². The van der Waals surface area contributed by atoms with Gasteiger partial charge in [-0.2, -0.15) is 0 Å². The van der Waals surface area contributed by atoms with Gasteiger partial charge >= 0.3 is 0 Å². The predicted octanol–water partition coefficient (Wildman–Crippen LogP) is 0.949. The second-order valence-electron chi connectivity index (χ2n) is 3.75. The smallest absolute Gasteiger partial charge is 0.270 e. The summed E-state index contributed by atoms with van der Waals surface area (Å²) in [5.74, 6) is -0.330. The zero-order valence-electron chi connectivity index (χ0n) is 9.46. The van der Waals surface area contributed by atoms with Gasteiger partial charge < -0.3 is 5.73 Å². The fourth-order valence-corrected chi connectivity index (χ4v) is 1.69. The zero-order valence-corrected chi connectivity index (χ0v) is 10.3. The van der Waals surface area contributed by atoms with Gasteiger partial charge in [-0.15, -0.1) is 12.4 Å². The monoisotopic (exact) mass is 272 g/mol. The van der Waals surface area contributed by atoms with Crippen molar-refractivity contribution >= 4 is 29.7 Å². The number of nitrogen functional groups attached to an aromatic ring is 1. The fraction of sp³-hybridized carbons (Fsp3) is 0.300. The van der Waals surface area contributed by atoms with E-state index in [9.17, 15) is 14.9 Å². The molecule has 0 saturated carbocycles. The highest BCUT2D eigenvalue weighted by Crippen LogP contribution is 2.21. The number of hydrogen-bond acceptors (Lipinski definition) is 5. The molecule has 18 heavy (non-hydrogen) atoms. The van der Waals surface area contributed by atoms with Crippen LogP contribution in [0.2, 0.25) is 0 Å². The van der Waals surface area contributed by atoms with Gasteiger partial charge in [-0.05, 0) is 12.5 Å². The van der Waals surface area contributed by atoms with E-state index in [4.69, 9.17) is 5.73 Å². The Hall–Kier alpha value is -1.86. The first-order valence-corrected chi connectivity index (χ1v) is 5.19. The number of benzene rings is 1. The van der Waals surface area contributed by atoms with Crippen LogP contribution in [0.15, 0.2) is 18.2 Å². The van der Waals surface area contributed by atoms with Crippen LogP contribution in [0, 0.1) is 10.1 Å². The molecule has 1 aromatic rings. The molecule has 1 heterocycles. The maximum absolute atomic E-state index is 12.0. The molecule has 1 aliphatic rings. The molecule has 1 aliphatic heterocycles. The molecule has 8 heteroatoms. The average molecular weight is 273 g/mol. The van der Waals surface area contributed by atoms with Crippen molar-refractivity contribution in [1.29, 1.82) is 0 Å². The van der Waals surface area contributed by atoms with E-state index in [1.54, 1.807) is 0 Å². The summed E-state index contributed by atoms with van der Waals surface area (Å²) >= 11 is 0. The molecule has 0 aromatic heterocycles. The highest BCUT2D eigenvalue weighted by atomic mass is 35.5. The SMILES string of the molecule is Cl.Nc1ccc([N+](=O)[O-])cc1C(=O)N1CCCN1. The molecule has 1 amide bonds. The summed E-state index contributed by atoms with van der Waals surface area (Å²) in [4.78, 5) is 22.1. The maximum Gasteiger partial charge on any atom is 0.270 e. The second-order valence-corrected chi connectivity index (χ2v) is 3.75. The molecular formula is C10H13ClN4O3. The normalized spacial score (nSPS) is 14.1. The number of amides is 1. The Kier molecular flexibility index (Phi) is 4.46. The summed E-state index contributed by atoms with van der Waals surface area (Å²) in [6.07, 6.45) is 0.862. The topological polar surface area (TPSA) is 101 Å². The van der Waals surface area contributed by atoms with Crippen LogP contribution < -0.4 is 11.2 Å². The summed E-state index contributed by atoms with van der Waals surface area (Å²) < 4.78 is 0. The lowest BCUT2D eigenvalue weighted by Crippen LogP contribution is -2.37. The van der Waals surface area contributed by atoms with Gasteiger partial charge in [0, 0.05) is 30.9 Å². The predicted molar refractivity (Wildman–Crippen MR) is 68.4 cm³/mol. The number of nitro benzene ring substituents is 1. The molecule has 2 rings (SSSR count). The molecule has 0 unspecified atom stereocenters. The number of anilines is 1. The lowest BCUT2D eigenvalue weighted by atomic mass is 10.1. The molecule has 0 radical (unpaired) electrons. The Bertz CT molecular complexity index is 474. The number of nitro groups is 1. The fourth-order valence-electron chi connectivity index (χ4n) is 1.69. The number of nitrogens with zero attached hydrogens (tertiary/aromatic N) is 2. The number of non-ortho nitro benzene ring substituents is 1. The first-order valence-electron chi connectivity index (χ1n) is 5.19. The number of nitrogens with two attached hydrogens (primary N) is 1. The van der Waals surface area contributed by atoms with Crippen molar-refractivity contribution in [3.63, 3.8) is 0 Å². The van der Waals surface area contributed by atoms with Gasteiger partial charge in [0.05, 0.1) is 10.5 Å². The molecule has 1 fully saturated rings. The summed E-state index contributed by atoms with van der Waals surface area (Å²) in [5.41, 5.74) is 8.82. The van der Waals surface area contributed by atoms with Crippen LogP contribution in [0.1, 0.15) is 16.8 Å². The van der Waals surface area contributed by atoms with Gasteiger partial charge in [-0.1, -0.05) is 0 Å². The molecule has 0 spiro atoms. The van der Waals surface area contributed by atoms with Crippen molar-refractivity contribution in [2.24, 2.45) is 0 Å². The summed E-state index contributed by atoms with van der Waals surface area (Å²) in [6, 6.07) is 3.86. The molecule has 0 atom stereocenters. The van der Waals surface area contributed by atoms with Crippen LogP contribution in [-0.2, 0) is 0 Å². The number of hydrazine groups is 1.